The van der Waals surface area contributed by atoms with Crippen LogP contribution in [0.15, 0.2) is 123 Å². The maximum atomic E-state index is 13.9. The Morgan fingerprint density at radius 2 is 1.16 bits per heavy atom. The lowest BCUT2D eigenvalue weighted by Gasteiger charge is -2.20. The summed E-state index contributed by atoms with van der Waals surface area (Å²) in [5, 5.41) is 55.8. The van der Waals surface area contributed by atoms with Crippen molar-refractivity contribution in [1.82, 2.24) is 83.1 Å². The van der Waals surface area contributed by atoms with Crippen LogP contribution < -0.4 is 53.2 Å². The lowest BCUT2D eigenvalue weighted by atomic mass is 10.1. The second-order valence-corrected chi connectivity index (χ2v) is 20.2. The standard InChI is InChI=1S/C55H50N16O17S2/c1-12-29-51-69-36(26(10)87-51)47(81)59-22(6)41(75)60-23(7)50-65-32(16-86-50)38-28(14-15-31(62-38)43(77)58-21(5)40(74)56-19(3)39(73)57-20(4)42(76)61-24(8)55(84)85)53-66-34(17-89-53)45(79)68-35(25(9)72)46(80)64-30(13-2)52-70-37(27(11)88-52)48(82)71-49(83)54-67-33(18-90-54)44(78)63-29/h12-18,25,35,49,72,83H,3-8H2,1-2,9-11H3,(H,56,74)(H,57,73)(H,58,77)(H,59,81)(H,60,75)(H,61,76)(H,63,78)(H,64,80)(H,68,79)(H,71,82)(H,84,85)/b29-12+,30-13+. The van der Waals surface area contributed by atoms with E-state index in [1.807, 2.05) is 10.6 Å². The van der Waals surface area contributed by atoms with Gasteiger partial charge in [-0.3, -0.25) is 47.9 Å². The minimum atomic E-state index is -1.79. The van der Waals surface area contributed by atoms with Crippen LogP contribution in [-0.2, 0) is 28.8 Å². The molecular formula is C55H50N16O17S2. The number of hydrogen-bond donors (Lipinski definition) is 13. The van der Waals surface area contributed by atoms with Crippen LogP contribution in [0.25, 0.3) is 39.1 Å². The first-order valence-corrected chi connectivity index (χ1v) is 27.3. The van der Waals surface area contributed by atoms with Crippen molar-refractivity contribution in [2.24, 2.45) is 0 Å². The van der Waals surface area contributed by atoms with Gasteiger partial charge in [0.25, 0.3) is 53.2 Å². The number of aliphatic carboxylic acids is 1. The summed E-state index contributed by atoms with van der Waals surface area (Å²) >= 11 is 1.67. The van der Waals surface area contributed by atoms with Crippen molar-refractivity contribution in [2.45, 2.75) is 53.0 Å². The molecule has 7 heterocycles. The van der Waals surface area contributed by atoms with E-state index in [-0.39, 0.29) is 96.0 Å². The maximum Gasteiger partial charge on any atom is 0.351 e. The highest BCUT2D eigenvalue weighted by Gasteiger charge is 2.32. The fourth-order valence-corrected chi connectivity index (χ4v) is 8.85. The quantitative estimate of drug-likeness (QED) is 0.0861. The number of allylic oxidation sites excluding steroid dienone is 2. The number of aromatic nitrogens is 6. The molecule has 33 nitrogen and oxygen atoms in total. The number of carboxylic acid groups (broad SMARTS) is 1. The summed E-state index contributed by atoms with van der Waals surface area (Å²) in [5.41, 5.74) is -5.69. The highest BCUT2D eigenvalue weighted by Crippen LogP contribution is 2.34. The predicted molar refractivity (Wildman–Crippen MR) is 314 cm³/mol. The molecule has 3 atom stereocenters. The van der Waals surface area contributed by atoms with E-state index in [1.165, 1.54) is 63.6 Å². The van der Waals surface area contributed by atoms with Gasteiger partial charge in [0.1, 0.15) is 73.7 Å². The van der Waals surface area contributed by atoms with E-state index < -0.39 is 118 Å². The summed E-state index contributed by atoms with van der Waals surface area (Å²) < 4.78 is 17.0. The van der Waals surface area contributed by atoms with Crippen molar-refractivity contribution in [1.29, 1.82) is 0 Å². The summed E-state index contributed by atoms with van der Waals surface area (Å²) in [6.07, 6.45) is 0.424. The molecule has 0 fully saturated rings. The molecule has 0 saturated carbocycles. The number of hydrogen-bond acceptors (Lipinski definition) is 24. The largest absolute Gasteiger partial charge is 0.477 e. The summed E-state index contributed by atoms with van der Waals surface area (Å²) in [6, 6.07) is 0.791. The fourth-order valence-electron chi connectivity index (χ4n) is 7.29. The third kappa shape index (κ3) is 15.2. The number of nitrogens with one attached hydrogen (secondary N) is 10. The summed E-state index contributed by atoms with van der Waals surface area (Å²) in [6.45, 7) is 27.7. The van der Waals surface area contributed by atoms with Gasteiger partial charge in [0, 0.05) is 16.3 Å². The Kier molecular flexibility index (Phi) is 20.1. The molecule has 464 valence electrons. The van der Waals surface area contributed by atoms with Crippen LogP contribution in [0.4, 0.5) is 0 Å². The van der Waals surface area contributed by atoms with Crippen LogP contribution in [0.1, 0.15) is 114 Å². The number of fused-ring (bicyclic) bond motifs is 13. The summed E-state index contributed by atoms with van der Waals surface area (Å²) in [5.74, 6) is -13.0. The molecule has 1 aliphatic rings. The summed E-state index contributed by atoms with van der Waals surface area (Å²) in [7, 11) is 0. The molecule has 35 heteroatoms. The van der Waals surface area contributed by atoms with Gasteiger partial charge in [-0.1, -0.05) is 51.6 Å². The van der Waals surface area contributed by atoms with E-state index in [0.29, 0.717) is 0 Å². The van der Waals surface area contributed by atoms with Crippen LogP contribution in [0.2, 0.25) is 0 Å². The molecule has 10 bridgehead atoms. The van der Waals surface area contributed by atoms with E-state index in [9.17, 15) is 63.0 Å². The molecule has 6 aromatic heterocycles. The van der Waals surface area contributed by atoms with Crippen molar-refractivity contribution < 1.29 is 81.3 Å². The van der Waals surface area contributed by atoms with Gasteiger partial charge in [0.05, 0.1) is 40.3 Å². The van der Waals surface area contributed by atoms with Gasteiger partial charge in [0.2, 0.25) is 23.6 Å². The zero-order valence-electron chi connectivity index (χ0n) is 47.6. The molecule has 0 aromatic carbocycles. The van der Waals surface area contributed by atoms with Gasteiger partial charge in [-0.15, -0.1) is 22.7 Å². The minimum absolute atomic E-state index is 0.0250. The van der Waals surface area contributed by atoms with Crippen molar-refractivity contribution in [3.8, 4) is 22.0 Å². The number of thiazole rings is 2. The molecule has 13 N–H and O–H groups in total. The van der Waals surface area contributed by atoms with Crippen molar-refractivity contribution in [3.63, 3.8) is 0 Å². The Balaban J connectivity index is 1.18. The third-order valence-electron chi connectivity index (χ3n) is 11.9. The van der Waals surface area contributed by atoms with Gasteiger partial charge in [0.15, 0.2) is 17.6 Å². The molecule has 1 aliphatic heterocycles. The zero-order chi connectivity index (χ0) is 66.2. The number of carbonyl (C=O) groups is 11. The SMILES string of the molecule is C=C(NC(=O)C(=C)NC(=O)C(=C)NC(=O)C(=C)NC(=O)c1ccc2c(n1)-c1coc(n1)C(=C)NC(=O)C(=C)NC(=O)c1nc(oc1C)/C(=C\C)NC(=O)c1csc(n1)C(O)NC(=O)c1nc(oc1C)/C(=C\C)NC(=O)C(C(C)O)NC(=O)c1csc-2n1)C(=O)O. The average Bonchev–Trinajstić information content (AvgIpc) is 1.62. The first kappa shape index (κ1) is 65.6. The lowest BCUT2D eigenvalue weighted by Crippen LogP contribution is -2.52. The fraction of sp³-hybridized carbons (Fsp3) is 0.145. The number of carbonyl (C=O) groups excluding carboxylic acids is 10. The molecule has 3 unspecified atom stereocenters. The van der Waals surface area contributed by atoms with Gasteiger partial charge in [-0.2, -0.15) is 0 Å². The van der Waals surface area contributed by atoms with Crippen LogP contribution in [0.5, 0.6) is 0 Å². The monoisotopic (exact) mass is 1270 g/mol. The highest BCUT2D eigenvalue weighted by molar-refractivity contribution is 7.13. The Morgan fingerprint density at radius 3 is 1.74 bits per heavy atom. The Hall–Kier alpha value is -11.9. The zero-order valence-corrected chi connectivity index (χ0v) is 49.2. The van der Waals surface area contributed by atoms with Crippen LogP contribution in [0, 0.1) is 13.8 Å². The molecule has 0 radical (unpaired) electrons. The Bertz CT molecular complexity index is 4190. The van der Waals surface area contributed by atoms with E-state index in [0.717, 1.165) is 35.0 Å². The van der Waals surface area contributed by atoms with Gasteiger partial charge < -0.3 is 81.7 Å². The molecule has 10 amide bonds. The Labute approximate surface area is 514 Å². The number of aliphatic hydroxyl groups is 2. The second-order valence-electron chi connectivity index (χ2n) is 18.4. The van der Waals surface area contributed by atoms with E-state index in [4.69, 9.17) is 18.4 Å². The number of pyridine rings is 1. The number of amides is 10. The molecule has 90 heavy (non-hydrogen) atoms. The normalized spacial score (nSPS) is 16.4. The number of rotatable bonds is 10. The lowest BCUT2D eigenvalue weighted by molar-refractivity contribution is -0.134. The number of nitrogens with zero attached hydrogens (tertiary/aromatic N) is 6. The van der Waals surface area contributed by atoms with Crippen LogP contribution in [-0.4, -0.2) is 122 Å². The smallest absolute Gasteiger partial charge is 0.351 e. The van der Waals surface area contributed by atoms with Crippen LogP contribution in [0.3, 0.4) is 0 Å². The molecule has 6 aromatic rings. The van der Waals surface area contributed by atoms with Crippen molar-refractivity contribution >= 4 is 105 Å². The average molecular weight is 1270 g/mol. The van der Waals surface area contributed by atoms with Gasteiger partial charge in [-0.25, -0.2) is 34.7 Å². The topological polar surface area (TPSA) is 486 Å². The number of aryl methyl sites for hydroxylation is 2. The summed E-state index contributed by atoms with van der Waals surface area (Å²) in [4.78, 5) is 170. The second kappa shape index (κ2) is 27.6. The molecule has 0 saturated heterocycles. The number of carboxylic acids is 1. The van der Waals surface area contributed by atoms with E-state index in [1.54, 1.807) is 0 Å². The van der Waals surface area contributed by atoms with E-state index >= 15 is 0 Å². The molecule has 7 rings (SSSR count). The predicted octanol–water partition coefficient (Wildman–Crippen LogP) is 1.34. The molecule has 0 spiro atoms. The van der Waals surface area contributed by atoms with Crippen LogP contribution >= 0.6 is 22.7 Å². The first-order chi connectivity index (χ1) is 42.5. The van der Waals surface area contributed by atoms with E-state index in [2.05, 4.69) is 112 Å². The van der Waals surface area contributed by atoms with Crippen molar-refractivity contribution in [3.05, 3.63) is 172 Å². The van der Waals surface area contributed by atoms with Gasteiger partial charge in [-0.05, 0) is 46.8 Å². The van der Waals surface area contributed by atoms with Crippen molar-refractivity contribution in [2.75, 3.05) is 0 Å². The number of oxazole rings is 3. The number of aliphatic hydroxyl groups excluding tert-OH is 2. The third-order valence-corrected chi connectivity index (χ3v) is 13.7. The molecular weight excluding hydrogens is 1220 g/mol. The van der Waals surface area contributed by atoms with Gasteiger partial charge >= 0.3 is 5.97 Å². The first-order valence-electron chi connectivity index (χ1n) is 25.5. The Morgan fingerprint density at radius 1 is 0.611 bits per heavy atom. The maximum absolute atomic E-state index is 13.9. The minimum Gasteiger partial charge on any atom is -0.477 e. The molecule has 0 aliphatic carbocycles. The highest BCUT2D eigenvalue weighted by atomic mass is 32.1.